The molecule has 0 spiro atoms. The Kier molecular flexibility index (Phi) is 4.04. The van der Waals surface area contributed by atoms with Crippen LogP contribution in [0, 0.1) is 0 Å². The van der Waals surface area contributed by atoms with Crippen LogP contribution >= 0.6 is 0 Å². The highest BCUT2D eigenvalue weighted by atomic mass is 16.3. The van der Waals surface area contributed by atoms with Crippen molar-refractivity contribution in [3.63, 3.8) is 0 Å². The van der Waals surface area contributed by atoms with Crippen LogP contribution in [0.1, 0.15) is 31.9 Å². The highest BCUT2D eigenvalue weighted by Crippen LogP contribution is 2.22. The molecule has 19 heavy (non-hydrogen) atoms. The van der Waals surface area contributed by atoms with Gasteiger partial charge in [0.05, 0.1) is 6.26 Å². The van der Waals surface area contributed by atoms with Crippen molar-refractivity contribution >= 4 is 6.08 Å². The fraction of sp³-hybridized carbons (Fsp3) is 0.625. The Morgan fingerprint density at radius 1 is 1.37 bits per heavy atom. The minimum absolute atomic E-state index is 0.805. The third-order valence-corrected chi connectivity index (χ3v) is 4.29. The molecule has 0 N–H and O–H groups in total. The van der Waals surface area contributed by atoms with Gasteiger partial charge < -0.3 is 4.42 Å². The number of rotatable bonds is 3. The maximum Gasteiger partial charge on any atom is 0.126 e. The lowest BCUT2D eigenvalue weighted by Gasteiger charge is -2.25. The van der Waals surface area contributed by atoms with Gasteiger partial charge in [-0.15, -0.1) is 0 Å². The first-order chi connectivity index (χ1) is 9.31. The zero-order valence-corrected chi connectivity index (χ0v) is 11.8. The van der Waals surface area contributed by atoms with Crippen LogP contribution in [-0.2, 0) is 0 Å². The van der Waals surface area contributed by atoms with Gasteiger partial charge in [0.2, 0.25) is 0 Å². The second kappa shape index (κ2) is 5.93. The predicted molar refractivity (Wildman–Crippen MR) is 78.0 cm³/mol. The molecule has 3 heteroatoms. The van der Waals surface area contributed by atoms with E-state index < -0.39 is 0 Å². The van der Waals surface area contributed by atoms with Crippen molar-refractivity contribution in [2.24, 2.45) is 0 Å². The van der Waals surface area contributed by atoms with Gasteiger partial charge in [0, 0.05) is 19.1 Å². The van der Waals surface area contributed by atoms with Crippen molar-refractivity contribution in [1.82, 2.24) is 9.80 Å². The summed E-state index contributed by atoms with van der Waals surface area (Å²) in [5.41, 5.74) is 1.39. The lowest BCUT2D eigenvalue weighted by atomic mass is 10.2. The number of nitrogens with zero attached hydrogens (tertiary/aromatic N) is 2. The lowest BCUT2D eigenvalue weighted by molar-refractivity contribution is 0.229. The van der Waals surface area contributed by atoms with E-state index in [1.165, 1.54) is 51.0 Å². The largest absolute Gasteiger partial charge is 0.465 e. The molecule has 2 fully saturated rings. The smallest absolute Gasteiger partial charge is 0.126 e. The quantitative estimate of drug-likeness (QED) is 0.833. The molecule has 2 aliphatic heterocycles. The van der Waals surface area contributed by atoms with Crippen LogP contribution < -0.4 is 0 Å². The molecular formula is C16H24N2O. The van der Waals surface area contributed by atoms with Gasteiger partial charge in [-0.2, -0.15) is 0 Å². The summed E-state index contributed by atoms with van der Waals surface area (Å²) in [7, 11) is 0. The Morgan fingerprint density at radius 2 is 2.26 bits per heavy atom. The SMILES string of the molecule is CC(=Cc1ccco1)CN1CCCN2CCC[C@H]2C1. The van der Waals surface area contributed by atoms with E-state index in [-0.39, 0.29) is 0 Å². The van der Waals surface area contributed by atoms with Crippen LogP contribution in [-0.4, -0.2) is 48.6 Å². The van der Waals surface area contributed by atoms with E-state index in [1.54, 1.807) is 6.26 Å². The molecule has 1 atom stereocenters. The first-order valence-electron chi connectivity index (χ1n) is 7.48. The number of hydrogen-bond donors (Lipinski definition) is 0. The number of hydrogen-bond acceptors (Lipinski definition) is 3. The van der Waals surface area contributed by atoms with E-state index in [1.807, 2.05) is 12.1 Å². The van der Waals surface area contributed by atoms with E-state index in [2.05, 4.69) is 22.8 Å². The first-order valence-corrected chi connectivity index (χ1v) is 7.48. The van der Waals surface area contributed by atoms with Gasteiger partial charge in [-0.3, -0.25) is 9.80 Å². The van der Waals surface area contributed by atoms with Crippen LogP contribution in [0.3, 0.4) is 0 Å². The second-order valence-electron chi connectivity index (χ2n) is 5.93. The molecule has 104 valence electrons. The third kappa shape index (κ3) is 3.28. The molecule has 0 saturated carbocycles. The number of furan rings is 1. The minimum atomic E-state index is 0.805. The van der Waals surface area contributed by atoms with Gasteiger partial charge >= 0.3 is 0 Å². The zero-order valence-electron chi connectivity index (χ0n) is 11.8. The van der Waals surface area contributed by atoms with Crippen molar-refractivity contribution in [3.8, 4) is 0 Å². The Morgan fingerprint density at radius 3 is 3.11 bits per heavy atom. The normalized spacial score (nSPS) is 26.4. The average molecular weight is 260 g/mol. The first kappa shape index (κ1) is 12.9. The van der Waals surface area contributed by atoms with Crippen LogP contribution in [0.25, 0.3) is 6.08 Å². The van der Waals surface area contributed by atoms with Crippen LogP contribution in [0.5, 0.6) is 0 Å². The maximum atomic E-state index is 5.38. The Labute approximate surface area is 115 Å². The average Bonchev–Trinajstić information content (AvgIpc) is 2.99. The summed E-state index contributed by atoms with van der Waals surface area (Å²) in [5.74, 6) is 0.967. The minimum Gasteiger partial charge on any atom is -0.465 e. The van der Waals surface area contributed by atoms with Crippen LogP contribution in [0.4, 0.5) is 0 Å². The molecule has 3 rings (SSSR count). The van der Waals surface area contributed by atoms with Crippen molar-refractivity contribution in [2.45, 2.75) is 32.2 Å². The van der Waals surface area contributed by atoms with E-state index in [0.29, 0.717) is 0 Å². The molecule has 2 saturated heterocycles. The van der Waals surface area contributed by atoms with E-state index >= 15 is 0 Å². The molecule has 1 aromatic rings. The molecule has 1 aromatic heterocycles. The van der Waals surface area contributed by atoms with Crippen LogP contribution in [0.2, 0.25) is 0 Å². The molecule has 0 aliphatic carbocycles. The predicted octanol–water partition coefficient (Wildman–Crippen LogP) is 2.85. The van der Waals surface area contributed by atoms with Gasteiger partial charge in [-0.25, -0.2) is 0 Å². The molecule has 3 nitrogen and oxygen atoms in total. The number of fused-ring (bicyclic) bond motifs is 1. The molecule has 0 aromatic carbocycles. The van der Waals surface area contributed by atoms with Gasteiger partial charge in [0.25, 0.3) is 0 Å². The van der Waals surface area contributed by atoms with Gasteiger partial charge in [0.15, 0.2) is 0 Å². The van der Waals surface area contributed by atoms with E-state index in [9.17, 15) is 0 Å². The summed E-state index contributed by atoms with van der Waals surface area (Å²) < 4.78 is 5.38. The fourth-order valence-electron chi connectivity index (χ4n) is 3.44. The van der Waals surface area contributed by atoms with Crippen LogP contribution in [0.15, 0.2) is 28.4 Å². The second-order valence-corrected chi connectivity index (χ2v) is 5.93. The fourth-order valence-corrected chi connectivity index (χ4v) is 3.44. The Hall–Kier alpha value is -1.06. The summed E-state index contributed by atoms with van der Waals surface area (Å²) in [4.78, 5) is 5.30. The van der Waals surface area contributed by atoms with Gasteiger partial charge in [-0.05, 0) is 64.0 Å². The standard InChI is InChI=1S/C16H24N2O/c1-14(11-16-6-3-10-19-16)12-17-7-4-9-18-8-2-5-15(18)13-17/h3,6,10-11,15H,2,4-5,7-9,12-13H2,1H3/t15-/m0/s1. The summed E-state index contributed by atoms with van der Waals surface area (Å²) in [5, 5.41) is 0. The van der Waals surface area contributed by atoms with Crippen molar-refractivity contribution in [2.75, 3.05) is 32.7 Å². The molecule has 2 aliphatic rings. The highest BCUT2D eigenvalue weighted by Gasteiger charge is 2.28. The van der Waals surface area contributed by atoms with Gasteiger partial charge in [0.1, 0.15) is 5.76 Å². The molecule has 3 heterocycles. The Bertz CT molecular complexity index is 424. The topological polar surface area (TPSA) is 19.6 Å². The van der Waals surface area contributed by atoms with Crippen molar-refractivity contribution in [1.29, 1.82) is 0 Å². The summed E-state index contributed by atoms with van der Waals surface area (Å²) in [6, 6.07) is 4.77. The molecule has 0 amide bonds. The molecular weight excluding hydrogens is 236 g/mol. The highest BCUT2D eigenvalue weighted by molar-refractivity contribution is 5.46. The summed E-state index contributed by atoms with van der Waals surface area (Å²) in [6.07, 6.45) is 7.99. The van der Waals surface area contributed by atoms with Crippen molar-refractivity contribution < 1.29 is 4.42 Å². The molecule has 0 bridgehead atoms. The summed E-state index contributed by atoms with van der Waals surface area (Å²) in [6.45, 7) is 8.37. The molecule has 0 radical (unpaired) electrons. The zero-order chi connectivity index (χ0) is 13.1. The van der Waals surface area contributed by atoms with E-state index in [0.717, 1.165) is 18.3 Å². The van der Waals surface area contributed by atoms with Gasteiger partial charge in [-0.1, -0.05) is 5.57 Å². The Balaban J connectivity index is 1.59. The molecule has 0 unspecified atom stereocenters. The monoisotopic (exact) mass is 260 g/mol. The van der Waals surface area contributed by atoms with E-state index in [4.69, 9.17) is 4.42 Å². The maximum absolute atomic E-state index is 5.38. The third-order valence-electron chi connectivity index (χ3n) is 4.29. The van der Waals surface area contributed by atoms with Crippen molar-refractivity contribution in [3.05, 3.63) is 29.7 Å². The summed E-state index contributed by atoms with van der Waals surface area (Å²) >= 11 is 0. The lowest BCUT2D eigenvalue weighted by Crippen LogP contribution is -2.37.